The van der Waals surface area contributed by atoms with Gasteiger partial charge in [-0.1, -0.05) is 49.6 Å². The Bertz CT molecular complexity index is 554. The number of amides is 1. The van der Waals surface area contributed by atoms with E-state index in [1.54, 1.807) is 4.90 Å². The van der Waals surface area contributed by atoms with Crippen LogP contribution in [-0.4, -0.2) is 42.3 Å². The van der Waals surface area contributed by atoms with Crippen LogP contribution >= 0.6 is 0 Å². The average molecular weight is 342 g/mol. The number of nitrogens with one attached hydrogen (secondary N) is 1. The molecule has 1 aliphatic heterocycles. The van der Waals surface area contributed by atoms with Crippen molar-refractivity contribution in [3.63, 3.8) is 0 Å². The number of benzene rings is 1. The van der Waals surface area contributed by atoms with Crippen molar-refractivity contribution >= 4 is 12.2 Å². The molecule has 2 aliphatic rings. The van der Waals surface area contributed by atoms with Crippen molar-refractivity contribution in [2.75, 3.05) is 13.1 Å². The third kappa shape index (κ3) is 4.91. The van der Waals surface area contributed by atoms with Crippen LogP contribution in [0.4, 0.5) is 0 Å². The van der Waals surface area contributed by atoms with Crippen molar-refractivity contribution in [2.45, 2.75) is 63.5 Å². The Hall–Kier alpha value is -1.68. The van der Waals surface area contributed by atoms with Crippen molar-refractivity contribution in [1.29, 1.82) is 0 Å². The zero-order valence-electron chi connectivity index (χ0n) is 15.0. The van der Waals surface area contributed by atoms with E-state index in [9.17, 15) is 9.59 Å². The lowest BCUT2D eigenvalue weighted by Crippen LogP contribution is -2.50. The number of nitrogens with zero attached hydrogens (tertiary/aromatic N) is 1. The van der Waals surface area contributed by atoms with Crippen LogP contribution in [-0.2, 0) is 16.0 Å². The van der Waals surface area contributed by atoms with Gasteiger partial charge in [-0.2, -0.15) is 0 Å². The highest BCUT2D eigenvalue weighted by Crippen LogP contribution is 2.23. The molecule has 1 aromatic carbocycles. The molecule has 2 atom stereocenters. The molecule has 1 saturated heterocycles. The molecule has 1 aromatic rings. The van der Waals surface area contributed by atoms with Crippen molar-refractivity contribution < 1.29 is 9.59 Å². The third-order valence-corrected chi connectivity index (χ3v) is 5.70. The Kier molecular flexibility index (Phi) is 6.62. The maximum Gasteiger partial charge on any atom is 0.240 e. The van der Waals surface area contributed by atoms with Gasteiger partial charge in [0.2, 0.25) is 5.91 Å². The second kappa shape index (κ2) is 9.14. The summed E-state index contributed by atoms with van der Waals surface area (Å²) in [5, 5.41) is 3.55. The summed E-state index contributed by atoms with van der Waals surface area (Å²) in [6, 6.07) is 9.71. The van der Waals surface area contributed by atoms with Crippen LogP contribution in [0.1, 0.15) is 50.5 Å². The molecule has 0 aromatic heterocycles. The lowest BCUT2D eigenvalue weighted by atomic mass is 9.89. The van der Waals surface area contributed by atoms with E-state index in [1.165, 1.54) is 37.7 Å². The zero-order chi connectivity index (χ0) is 17.5. The molecular formula is C21H30N2O2. The molecule has 4 nitrogen and oxygen atoms in total. The molecule has 1 N–H and O–H groups in total. The normalized spacial score (nSPS) is 22.7. The summed E-state index contributed by atoms with van der Waals surface area (Å²) in [5.74, 6) is 0.773. The van der Waals surface area contributed by atoms with Gasteiger partial charge in [0.15, 0.2) is 0 Å². The molecule has 2 fully saturated rings. The predicted octanol–water partition coefficient (Wildman–Crippen LogP) is 2.96. The highest BCUT2D eigenvalue weighted by atomic mass is 16.2. The van der Waals surface area contributed by atoms with E-state index in [2.05, 4.69) is 17.4 Å². The van der Waals surface area contributed by atoms with E-state index in [-0.39, 0.29) is 18.0 Å². The summed E-state index contributed by atoms with van der Waals surface area (Å²) in [5.41, 5.74) is 1.17. The lowest BCUT2D eigenvalue weighted by Gasteiger charge is -2.29. The molecule has 25 heavy (non-hydrogen) atoms. The van der Waals surface area contributed by atoms with Crippen molar-refractivity contribution in [3.05, 3.63) is 35.9 Å². The van der Waals surface area contributed by atoms with E-state index >= 15 is 0 Å². The van der Waals surface area contributed by atoms with E-state index in [0.29, 0.717) is 18.9 Å². The first kappa shape index (κ1) is 18.1. The van der Waals surface area contributed by atoms with Gasteiger partial charge in [-0.05, 0) is 50.1 Å². The molecular weight excluding hydrogens is 312 g/mol. The molecule has 0 unspecified atom stereocenters. The van der Waals surface area contributed by atoms with Crippen LogP contribution in [0.15, 0.2) is 30.3 Å². The van der Waals surface area contributed by atoms with Crippen LogP contribution in [0.2, 0.25) is 0 Å². The second-order valence-corrected chi connectivity index (χ2v) is 7.53. The average Bonchev–Trinajstić information content (AvgIpc) is 3.15. The monoisotopic (exact) mass is 342 g/mol. The maximum atomic E-state index is 13.1. The first-order valence-electron chi connectivity index (χ1n) is 9.81. The molecule has 0 radical (unpaired) electrons. The Balaban J connectivity index is 1.66. The third-order valence-electron chi connectivity index (χ3n) is 5.70. The summed E-state index contributed by atoms with van der Waals surface area (Å²) in [4.78, 5) is 26.2. The number of carbonyl (C=O) groups excluding carboxylic acids is 2. The van der Waals surface area contributed by atoms with E-state index in [1.807, 2.05) is 18.2 Å². The molecule has 136 valence electrons. The van der Waals surface area contributed by atoms with Crippen molar-refractivity contribution in [3.8, 4) is 0 Å². The number of likely N-dealkylation sites (tertiary alicyclic amines) is 1. The molecule has 3 rings (SSSR count). The van der Waals surface area contributed by atoms with E-state index < -0.39 is 0 Å². The summed E-state index contributed by atoms with van der Waals surface area (Å²) in [7, 11) is 0. The van der Waals surface area contributed by atoms with Crippen LogP contribution in [0.3, 0.4) is 0 Å². The minimum absolute atomic E-state index is 0.0919. The van der Waals surface area contributed by atoms with Crippen molar-refractivity contribution in [2.24, 2.45) is 5.92 Å². The molecule has 1 heterocycles. The van der Waals surface area contributed by atoms with Gasteiger partial charge in [-0.3, -0.25) is 4.79 Å². The fourth-order valence-corrected chi connectivity index (χ4v) is 4.20. The molecule has 0 spiro atoms. The quantitative estimate of drug-likeness (QED) is 0.775. The molecule has 1 saturated carbocycles. The predicted molar refractivity (Wildman–Crippen MR) is 99.3 cm³/mol. The lowest BCUT2D eigenvalue weighted by molar-refractivity contribution is -0.136. The number of rotatable bonds is 7. The molecule has 4 heteroatoms. The van der Waals surface area contributed by atoms with Gasteiger partial charge in [0.25, 0.3) is 0 Å². The van der Waals surface area contributed by atoms with Crippen LogP contribution in [0, 0.1) is 5.92 Å². The van der Waals surface area contributed by atoms with Gasteiger partial charge < -0.3 is 15.0 Å². The summed E-state index contributed by atoms with van der Waals surface area (Å²) >= 11 is 0. The van der Waals surface area contributed by atoms with Gasteiger partial charge in [0, 0.05) is 6.54 Å². The fourth-order valence-electron chi connectivity index (χ4n) is 4.20. The Morgan fingerprint density at radius 1 is 1.12 bits per heavy atom. The summed E-state index contributed by atoms with van der Waals surface area (Å²) < 4.78 is 0. The van der Waals surface area contributed by atoms with E-state index in [4.69, 9.17) is 0 Å². The van der Waals surface area contributed by atoms with Crippen LogP contribution < -0.4 is 5.32 Å². The van der Waals surface area contributed by atoms with Gasteiger partial charge in [-0.15, -0.1) is 0 Å². The minimum Gasteiger partial charge on any atom is -0.332 e. The maximum absolute atomic E-state index is 13.1. The van der Waals surface area contributed by atoms with Crippen LogP contribution in [0.25, 0.3) is 0 Å². The molecule has 1 aliphatic carbocycles. The first-order chi connectivity index (χ1) is 12.3. The number of hydrogen-bond acceptors (Lipinski definition) is 3. The zero-order valence-corrected chi connectivity index (χ0v) is 15.0. The van der Waals surface area contributed by atoms with Gasteiger partial charge >= 0.3 is 0 Å². The van der Waals surface area contributed by atoms with Crippen molar-refractivity contribution in [1.82, 2.24) is 10.2 Å². The fraction of sp³-hybridized carbons (Fsp3) is 0.619. The molecule has 1 amide bonds. The largest absolute Gasteiger partial charge is 0.332 e. The Morgan fingerprint density at radius 3 is 2.60 bits per heavy atom. The standard InChI is InChI=1S/C21H30N2O2/c24-16-19-12-7-13-23(19)21(25)20(14-17-8-3-1-4-9-17)22-15-18-10-5-2-6-11-18/h1,3-4,8-9,16,18-20,22H,2,5-7,10-15H2/t19-,20+/m0/s1. The van der Waals surface area contributed by atoms with Gasteiger partial charge in [-0.25, -0.2) is 0 Å². The van der Waals surface area contributed by atoms with E-state index in [0.717, 1.165) is 25.7 Å². The topological polar surface area (TPSA) is 49.4 Å². The van der Waals surface area contributed by atoms with Gasteiger partial charge in [0.05, 0.1) is 12.1 Å². The number of aldehydes is 1. The number of hydrogen-bond donors (Lipinski definition) is 1. The highest BCUT2D eigenvalue weighted by molar-refractivity contribution is 5.85. The Morgan fingerprint density at radius 2 is 1.88 bits per heavy atom. The second-order valence-electron chi connectivity index (χ2n) is 7.53. The summed E-state index contributed by atoms with van der Waals surface area (Å²) in [6.07, 6.45) is 9.84. The first-order valence-corrected chi connectivity index (χ1v) is 9.81. The number of carbonyl (C=O) groups is 2. The van der Waals surface area contributed by atoms with Gasteiger partial charge in [0.1, 0.15) is 6.29 Å². The smallest absolute Gasteiger partial charge is 0.240 e. The highest BCUT2D eigenvalue weighted by Gasteiger charge is 2.33. The molecule has 0 bridgehead atoms. The van der Waals surface area contributed by atoms with Crippen LogP contribution in [0.5, 0.6) is 0 Å². The summed E-state index contributed by atoms with van der Waals surface area (Å²) in [6.45, 7) is 1.61. The minimum atomic E-state index is -0.234. The SMILES string of the molecule is O=C[C@@H]1CCCN1C(=O)[C@@H](Cc1ccccc1)NCC1CCCCC1. The Labute approximate surface area is 151 Å².